The standard InChI is InChI=1S/C25H30FN3O2/c1-18-5-7-22(8-6-18)27-24(30)19-9-13-28(14-10-19)23-11-15-29(16-12-23)25(31)20-3-2-4-21(26)17-20/h2-8,17,19,23H,9-16H2,1H3,(H,27,30). The van der Waals surface area contributed by atoms with Crippen molar-refractivity contribution in [2.75, 3.05) is 31.5 Å². The third kappa shape index (κ3) is 5.31. The third-order valence-electron chi connectivity index (χ3n) is 6.56. The lowest BCUT2D eigenvalue weighted by Crippen LogP contribution is -2.49. The van der Waals surface area contributed by atoms with Crippen molar-refractivity contribution in [3.63, 3.8) is 0 Å². The van der Waals surface area contributed by atoms with Gasteiger partial charge < -0.3 is 15.1 Å². The molecular formula is C25H30FN3O2. The summed E-state index contributed by atoms with van der Waals surface area (Å²) in [7, 11) is 0. The van der Waals surface area contributed by atoms with Gasteiger partial charge in [-0.3, -0.25) is 9.59 Å². The fourth-order valence-corrected chi connectivity index (χ4v) is 4.65. The van der Waals surface area contributed by atoms with Crippen molar-refractivity contribution in [3.8, 4) is 0 Å². The van der Waals surface area contributed by atoms with E-state index in [0.29, 0.717) is 24.7 Å². The lowest BCUT2D eigenvalue weighted by Gasteiger charge is -2.41. The van der Waals surface area contributed by atoms with Gasteiger partial charge in [0.25, 0.3) is 5.91 Å². The Morgan fingerprint density at radius 2 is 1.61 bits per heavy atom. The van der Waals surface area contributed by atoms with Crippen LogP contribution in [0.5, 0.6) is 0 Å². The molecule has 31 heavy (non-hydrogen) atoms. The normalized spacial score (nSPS) is 18.7. The van der Waals surface area contributed by atoms with Crippen LogP contribution in [0, 0.1) is 18.7 Å². The molecule has 5 nitrogen and oxygen atoms in total. The summed E-state index contributed by atoms with van der Waals surface area (Å²) in [6.07, 6.45) is 3.56. The summed E-state index contributed by atoms with van der Waals surface area (Å²) in [6, 6.07) is 14.3. The Bertz CT molecular complexity index is 915. The second kappa shape index (κ2) is 9.60. The zero-order valence-electron chi connectivity index (χ0n) is 18.0. The first-order valence-electron chi connectivity index (χ1n) is 11.2. The molecule has 2 saturated heterocycles. The summed E-state index contributed by atoms with van der Waals surface area (Å²) in [5.41, 5.74) is 2.45. The average molecular weight is 424 g/mol. The molecule has 0 radical (unpaired) electrons. The van der Waals surface area contributed by atoms with Crippen molar-refractivity contribution in [2.24, 2.45) is 5.92 Å². The van der Waals surface area contributed by atoms with Crippen molar-refractivity contribution in [2.45, 2.75) is 38.6 Å². The number of amides is 2. The predicted molar refractivity (Wildman–Crippen MR) is 119 cm³/mol. The van der Waals surface area contributed by atoms with Gasteiger partial charge in [-0.25, -0.2) is 4.39 Å². The lowest BCUT2D eigenvalue weighted by molar-refractivity contribution is -0.121. The van der Waals surface area contributed by atoms with Gasteiger partial charge in [0.05, 0.1) is 0 Å². The van der Waals surface area contributed by atoms with Gasteiger partial charge in [0.1, 0.15) is 5.82 Å². The van der Waals surface area contributed by atoms with E-state index in [1.54, 1.807) is 12.1 Å². The monoisotopic (exact) mass is 423 g/mol. The maximum Gasteiger partial charge on any atom is 0.253 e. The topological polar surface area (TPSA) is 52.7 Å². The second-order valence-corrected chi connectivity index (χ2v) is 8.70. The number of carbonyl (C=O) groups excluding carboxylic acids is 2. The summed E-state index contributed by atoms with van der Waals surface area (Å²) in [5.74, 6) is -0.314. The number of likely N-dealkylation sites (tertiary alicyclic amines) is 2. The van der Waals surface area contributed by atoms with Gasteiger partial charge in [0, 0.05) is 36.3 Å². The lowest BCUT2D eigenvalue weighted by atomic mass is 9.92. The Kier molecular flexibility index (Phi) is 6.66. The van der Waals surface area contributed by atoms with Crippen molar-refractivity contribution in [1.82, 2.24) is 9.80 Å². The SMILES string of the molecule is Cc1ccc(NC(=O)C2CCN(C3CCN(C(=O)c4cccc(F)c4)CC3)CC2)cc1. The van der Waals surface area contributed by atoms with Crippen LogP contribution in [-0.4, -0.2) is 53.8 Å². The predicted octanol–water partition coefficient (Wildman–Crippen LogP) is 4.09. The summed E-state index contributed by atoms with van der Waals surface area (Å²) < 4.78 is 13.4. The first-order chi connectivity index (χ1) is 15.0. The maximum absolute atomic E-state index is 13.4. The van der Waals surface area contributed by atoms with Crippen LogP contribution in [0.1, 0.15) is 41.6 Å². The minimum atomic E-state index is -0.380. The molecule has 6 heteroatoms. The zero-order valence-corrected chi connectivity index (χ0v) is 18.0. The van der Waals surface area contributed by atoms with Crippen LogP contribution in [0.25, 0.3) is 0 Å². The van der Waals surface area contributed by atoms with Crippen LogP contribution >= 0.6 is 0 Å². The molecule has 1 N–H and O–H groups in total. The van der Waals surface area contributed by atoms with Crippen molar-refractivity contribution >= 4 is 17.5 Å². The number of hydrogen-bond donors (Lipinski definition) is 1. The molecule has 2 aliphatic heterocycles. The molecule has 0 unspecified atom stereocenters. The van der Waals surface area contributed by atoms with Gasteiger partial charge in [-0.1, -0.05) is 23.8 Å². The highest BCUT2D eigenvalue weighted by Gasteiger charge is 2.32. The van der Waals surface area contributed by atoms with Crippen LogP contribution < -0.4 is 5.32 Å². The summed E-state index contributed by atoms with van der Waals surface area (Å²) >= 11 is 0. The van der Waals surface area contributed by atoms with E-state index in [0.717, 1.165) is 44.5 Å². The molecule has 2 aromatic rings. The van der Waals surface area contributed by atoms with Crippen LogP contribution in [0.2, 0.25) is 0 Å². The number of benzene rings is 2. The number of hydrogen-bond acceptors (Lipinski definition) is 3. The number of aryl methyl sites for hydroxylation is 1. The Balaban J connectivity index is 1.23. The molecule has 0 atom stereocenters. The van der Waals surface area contributed by atoms with E-state index in [4.69, 9.17) is 0 Å². The molecule has 0 saturated carbocycles. The minimum Gasteiger partial charge on any atom is -0.339 e. The highest BCUT2D eigenvalue weighted by atomic mass is 19.1. The Morgan fingerprint density at radius 3 is 2.26 bits per heavy atom. The zero-order chi connectivity index (χ0) is 21.8. The van der Waals surface area contributed by atoms with Gasteiger partial charge >= 0.3 is 0 Å². The summed E-state index contributed by atoms with van der Waals surface area (Å²) in [6.45, 7) is 5.23. The molecule has 2 fully saturated rings. The molecule has 2 heterocycles. The van der Waals surface area contributed by atoms with Crippen molar-refractivity contribution in [1.29, 1.82) is 0 Å². The summed E-state index contributed by atoms with van der Waals surface area (Å²) in [4.78, 5) is 29.5. The number of rotatable bonds is 4. The van der Waals surface area contributed by atoms with E-state index in [2.05, 4.69) is 10.2 Å². The molecule has 2 aliphatic rings. The quantitative estimate of drug-likeness (QED) is 0.806. The number of carbonyl (C=O) groups is 2. The van der Waals surface area contributed by atoms with Crippen LogP contribution in [0.4, 0.5) is 10.1 Å². The third-order valence-corrected chi connectivity index (χ3v) is 6.56. The number of halogens is 1. The Morgan fingerprint density at radius 1 is 0.935 bits per heavy atom. The van der Waals surface area contributed by atoms with Crippen molar-refractivity contribution < 1.29 is 14.0 Å². The maximum atomic E-state index is 13.4. The minimum absolute atomic E-state index is 0.0483. The summed E-state index contributed by atoms with van der Waals surface area (Å²) in [5, 5.41) is 3.04. The molecule has 0 spiro atoms. The molecular weight excluding hydrogens is 393 g/mol. The number of piperidine rings is 2. The van der Waals surface area contributed by atoms with E-state index >= 15 is 0 Å². The van der Waals surface area contributed by atoms with E-state index in [1.807, 2.05) is 36.1 Å². The Labute approximate surface area is 183 Å². The molecule has 2 aromatic carbocycles. The molecule has 0 bridgehead atoms. The molecule has 2 amide bonds. The highest BCUT2D eigenvalue weighted by Crippen LogP contribution is 2.25. The van der Waals surface area contributed by atoms with Crippen LogP contribution in [0.15, 0.2) is 48.5 Å². The number of anilines is 1. The van der Waals surface area contributed by atoms with E-state index in [-0.39, 0.29) is 23.5 Å². The van der Waals surface area contributed by atoms with E-state index < -0.39 is 0 Å². The van der Waals surface area contributed by atoms with Crippen molar-refractivity contribution in [3.05, 3.63) is 65.5 Å². The van der Waals surface area contributed by atoms with Crippen LogP contribution in [-0.2, 0) is 4.79 Å². The van der Waals surface area contributed by atoms with Gasteiger partial charge in [0.2, 0.25) is 5.91 Å². The van der Waals surface area contributed by atoms with Gasteiger partial charge in [0.15, 0.2) is 0 Å². The number of nitrogens with one attached hydrogen (secondary N) is 1. The fourth-order valence-electron chi connectivity index (χ4n) is 4.65. The average Bonchev–Trinajstić information content (AvgIpc) is 2.80. The highest BCUT2D eigenvalue weighted by molar-refractivity contribution is 5.94. The Hall–Kier alpha value is -2.73. The first-order valence-corrected chi connectivity index (χ1v) is 11.2. The van der Waals surface area contributed by atoms with E-state index in [1.165, 1.54) is 17.7 Å². The van der Waals surface area contributed by atoms with Gasteiger partial charge in [-0.2, -0.15) is 0 Å². The van der Waals surface area contributed by atoms with Gasteiger partial charge in [-0.05, 0) is 76.0 Å². The molecule has 0 aliphatic carbocycles. The first kappa shape index (κ1) is 21.5. The van der Waals surface area contributed by atoms with E-state index in [9.17, 15) is 14.0 Å². The fraction of sp³-hybridized carbons (Fsp3) is 0.440. The second-order valence-electron chi connectivity index (χ2n) is 8.70. The largest absolute Gasteiger partial charge is 0.339 e. The molecule has 164 valence electrons. The molecule has 4 rings (SSSR count). The van der Waals surface area contributed by atoms with Gasteiger partial charge in [-0.15, -0.1) is 0 Å². The smallest absolute Gasteiger partial charge is 0.253 e. The number of nitrogens with zero attached hydrogens (tertiary/aromatic N) is 2. The van der Waals surface area contributed by atoms with Crippen LogP contribution in [0.3, 0.4) is 0 Å². The molecule has 0 aromatic heterocycles.